The number of para-hydroxylation sites is 1. The van der Waals surface area contributed by atoms with Gasteiger partial charge in [-0.05, 0) is 12.1 Å². The van der Waals surface area contributed by atoms with Crippen LogP contribution in [0.4, 0.5) is 18.9 Å². The summed E-state index contributed by atoms with van der Waals surface area (Å²) in [5.74, 6) is -1.40. The van der Waals surface area contributed by atoms with Gasteiger partial charge >= 0.3 is 12.1 Å². The van der Waals surface area contributed by atoms with Crippen molar-refractivity contribution in [1.29, 1.82) is 5.26 Å². The van der Waals surface area contributed by atoms with Crippen LogP contribution in [-0.2, 0) is 4.79 Å². The van der Waals surface area contributed by atoms with Crippen molar-refractivity contribution in [3.05, 3.63) is 29.8 Å². The molecule has 0 spiro atoms. The van der Waals surface area contributed by atoms with Gasteiger partial charge in [0.25, 0.3) is 0 Å². The van der Waals surface area contributed by atoms with E-state index in [0.717, 1.165) is 0 Å². The minimum absolute atomic E-state index is 0.00278. The van der Waals surface area contributed by atoms with Crippen LogP contribution >= 0.6 is 0 Å². The summed E-state index contributed by atoms with van der Waals surface area (Å²) in [6, 6.07) is 7.29. The lowest BCUT2D eigenvalue weighted by atomic mass is 10.1. The van der Waals surface area contributed by atoms with Crippen LogP contribution in [0.25, 0.3) is 0 Å². The van der Waals surface area contributed by atoms with Gasteiger partial charge in [0.1, 0.15) is 19.2 Å². The van der Waals surface area contributed by atoms with Crippen molar-refractivity contribution in [1.82, 2.24) is 0 Å². The number of hydrogen-bond donors (Lipinski definition) is 1. The number of anilines is 1. The molecule has 4 nitrogen and oxygen atoms in total. The molecule has 1 rings (SSSR count). The molecule has 18 heavy (non-hydrogen) atoms. The third-order valence-electron chi connectivity index (χ3n) is 2.06. The lowest BCUT2D eigenvalue weighted by Gasteiger charge is -2.24. The molecule has 1 N–H and O–H groups in total. The largest absolute Gasteiger partial charge is 0.480 e. The van der Waals surface area contributed by atoms with Gasteiger partial charge in [-0.2, -0.15) is 18.4 Å². The third-order valence-corrected chi connectivity index (χ3v) is 2.06. The predicted octanol–water partition coefficient (Wildman–Crippen LogP) is 2.01. The van der Waals surface area contributed by atoms with Gasteiger partial charge in [-0.3, -0.25) is 4.79 Å². The molecule has 96 valence electrons. The van der Waals surface area contributed by atoms with Crippen molar-refractivity contribution in [2.24, 2.45) is 0 Å². The van der Waals surface area contributed by atoms with Crippen molar-refractivity contribution in [3.8, 4) is 6.07 Å². The number of carboxylic acids is 1. The van der Waals surface area contributed by atoms with Crippen molar-refractivity contribution >= 4 is 11.7 Å². The Morgan fingerprint density at radius 3 is 2.50 bits per heavy atom. The summed E-state index contributed by atoms with van der Waals surface area (Å²) >= 11 is 0. The molecule has 1 aromatic carbocycles. The van der Waals surface area contributed by atoms with Crippen LogP contribution in [0, 0.1) is 11.3 Å². The zero-order valence-electron chi connectivity index (χ0n) is 9.11. The van der Waals surface area contributed by atoms with Gasteiger partial charge in [0.15, 0.2) is 0 Å². The maximum absolute atomic E-state index is 12.4. The molecule has 0 bridgehead atoms. The molecule has 0 radical (unpaired) electrons. The second-order valence-electron chi connectivity index (χ2n) is 3.49. The molecule has 1 aromatic rings. The van der Waals surface area contributed by atoms with Crippen molar-refractivity contribution in [3.63, 3.8) is 0 Å². The Bertz CT molecular complexity index is 480. The van der Waals surface area contributed by atoms with Crippen LogP contribution in [0.1, 0.15) is 5.56 Å². The molecule has 0 fully saturated rings. The minimum atomic E-state index is -4.54. The fraction of sp³-hybridized carbons (Fsp3) is 0.273. The number of halogens is 3. The summed E-state index contributed by atoms with van der Waals surface area (Å²) in [4.78, 5) is 11.2. The molecule has 0 unspecified atom stereocenters. The molecule has 0 saturated carbocycles. The maximum atomic E-state index is 12.4. The predicted molar refractivity (Wildman–Crippen MR) is 57.1 cm³/mol. The van der Waals surface area contributed by atoms with Crippen molar-refractivity contribution in [2.45, 2.75) is 6.18 Å². The highest BCUT2D eigenvalue weighted by molar-refractivity contribution is 5.75. The highest BCUT2D eigenvalue weighted by atomic mass is 19.4. The molecule has 0 saturated heterocycles. The summed E-state index contributed by atoms with van der Waals surface area (Å²) in [7, 11) is 0. The number of aliphatic carboxylic acids is 1. The Hall–Kier alpha value is -2.23. The first kappa shape index (κ1) is 13.8. The Morgan fingerprint density at radius 2 is 2.00 bits per heavy atom. The molecule has 0 aliphatic carbocycles. The molecule has 0 amide bonds. The molecule has 0 aliphatic rings. The van der Waals surface area contributed by atoms with E-state index in [1.807, 2.05) is 0 Å². The van der Waals surface area contributed by atoms with E-state index in [9.17, 15) is 18.0 Å². The van der Waals surface area contributed by atoms with E-state index in [4.69, 9.17) is 10.4 Å². The van der Waals surface area contributed by atoms with Gasteiger partial charge in [0, 0.05) is 0 Å². The van der Waals surface area contributed by atoms with E-state index in [1.54, 1.807) is 6.07 Å². The van der Waals surface area contributed by atoms with Crippen LogP contribution in [0.2, 0.25) is 0 Å². The first-order valence-corrected chi connectivity index (χ1v) is 4.86. The van der Waals surface area contributed by atoms with Gasteiger partial charge in [-0.25, -0.2) is 0 Å². The highest BCUT2D eigenvalue weighted by Crippen LogP contribution is 2.24. The number of nitrogens with zero attached hydrogens (tertiary/aromatic N) is 2. The average Bonchev–Trinajstić information content (AvgIpc) is 2.25. The summed E-state index contributed by atoms with van der Waals surface area (Å²) < 4.78 is 37.1. The second kappa shape index (κ2) is 5.40. The number of carboxylic acid groups (broad SMARTS) is 1. The summed E-state index contributed by atoms with van der Waals surface area (Å²) in [5.41, 5.74) is -0.0391. The van der Waals surface area contributed by atoms with E-state index < -0.39 is 25.2 Å². The number of hydrogen-bond acceptors (Lipinski definition) is 3. The maximum Gasteiger partial charge on any atom is 0.405 e. The summed E-state index contributed by atoms with van der Waals surface area (Å²) in [6.07, 6.45) is -4.54. The quantitative estimate of drug-likeness (QED) is 0.897. The standard InChI is InChI=1S/C11H9F3N2O2/c12-11(13,14)7-16(6-10(17)18)9-4-2-1-3-8(9)5-15/h1-4H,6-7H2,(H,17,18). The number of alkyl halides is 3. The van der Waals surface area contributed by atoms with Crippen LogP contribution in [-0.4, -0.2) is 30.3 Å². The number of benzene rings is 1. The van der Waals surface area contributed by atoms with Gasteiger partial charge in [-0.15, -0.1) is 0 Å². The molecule has 7 heteroatoms. The van der Waals surface area contributed by atoms with Crippen molar-refractivity contribution in [2.75, 3.05) is 18.0 Å². The first-order valence-electron chi connectivity index (χ1n) is 4.86. The van der Waals surface area contributed by atoms with Gasteiger partial charge < -0.3 is 10.0 Å². The van der Waals surface area contributed by atoms with E-state index >= 15 is 0 Å². The molecule has 0 heterocycles. The Morgan fingerprint density at radius 1 is 1.39 bits per heavy atom. The van der Waals surface area contributed by atoms with E-state index in [-0.39, 0.29) is 11.3 Å². The lowest BCUT2D eigenvalue weighted by molar-refractivity contribution is -0.136. The van der Waals surface area contributed by atoms with E-state index in [2.05, 4.69) is 0 Å². The van der Waals surface area contributed by atoms with Crippen molar-refractivity contribution < 1.29 is 23.1 Å². The zero-order valence-corrected chi connectivity index (χ0v) is 9.11. The van der Waals surface area contributed by atoms with Gasteiger partial charge in [0.2, 0.25) is 0 Å². The monoisotopic (exact) mass is 258 g/mol. The van der Waals surface area contributed by atoms with Gasteiger partial charge in [-0.1, -0.05) is 12.1 Å². The highest BCUT2D eigenvalue weighted by Gasteiger charge is 2.32. The molecule has 0 aliphatic heterocycles. The topological polar surface area (TPSA) is 64.3 Å². The first-order chi connectivity index (χ1) is 8.33. The van der Waals surface area contributed by atoms with Crippen LogP contribution in [0.3, 0.4) is 0 Å². The normalized spacial score (nSPS) is 10.8. The number of nitriles is 1. The average molecular weight is 258 g/mol. The Balaban J connectivity index is 3.09. The number of carbonyl (C=O) groups is 1. The number of rotatable bonds is 4. The second-order valence-corrected chi connectivity index (χ2v) is 3.49. The van der Waals surface area contributed by atoms with Crippen LogP contribution in [0.5, 0.6) is 0 Å². The summed E-state index contributed by atoms with van der Waals surface area (Å²) in [5, 5.41) is 17.4. The summed E-state index contributed by atoms with van der Waals surface area (Å²) in [6.45, 7) is -2.24. The van der Waals surface area contributed by atoms with Gasteiger partial charge in [0.05, 0.1) is 11.3 Å². The minimum Gasteiger partial charge on any atom is -0.480 e. The Kier molecular flexibility index (Phi) is 4.15. The lowest BCUT2D eigenvalue weighted by Crippen LogP contribution is -2.38. The SMILES string of the molecule is N#Cc1ccccc1N(CC(=O)O)CC(F)(F)F. The van der Waals surface area contributed by atoms with Crippen LogP contribution in [0.15, 0.2) is 24.3 Å². The van der Waals surface area contributed by atoms with E-state index in [1.165, 1.54) is 24.3 Å². The molecular weight excluding hydrogens is 249 g/mol. The molecule has 0 atom stereocenters. The molecular formula is C11H9F3N2O2. The zero-order chi connectivity index (χ0) is 13.8. The Labute approximate surface area is 101 Å². The fourth-order valence-corrected chi connectivity index (χ4v) is 1.45. The van der Waals surface area contributed by atoms with E-state index in [0.29, 0.717) is 4.90 Å². The molecule has 0 aromatic heterocycles. The fourth-order valence-electron chi connectivity index (χ4n) is 1.45. The smallest absolute Gasteiger partial charge is 0.405 e. The van der Waals surface area contributed by atoms with Crippen LogP contribution < -0.4 is 4.90 Å². The third kappa shape index (κ3) is 3.97.